The van der Waals surface area contributed by atoms with Crippen LogP contribution in [0.5, 0.6) is 0 Å². The quantitative estimate of drug-likeness (QED) is 0.847. The van der Waals surface area contributed by atoms with Gasteiger partial charge in [0.25, 0.3) is 0 Å². The second-order valence-electron chi connectivity index (χ2n) is 5.02. The normalized spacial score (nSPS) is 16.2. The Morgan fingerprint density at radius 2 is 1.89 bits per heavy atom. The van der Waals surface area contributed by atoms with Crippen molar-refractivity contribution in [2.45, 2.75) is 26.7 Å². The van der Waals surface area contributed by atoms with Gasteiger partial charge in [0.15, 0.2) is 0 Å². The molecule has 2 rings (SSSR count). The fourth-order valence-corrected chi connectivity index (χ4v) is 2.21. The van der Waals surface area contributed by atoms with Crippen molar-refractivity contribution in [2.75, 3.05) is 43.4 Å². The molecule has 0 aromatic carbocycles. The monoisotopic (exact) mass is 249 g/mol. The van der Waals surface area contributed by atoms with Gasteiger partial charge in [0, 0.05) is 44.7 Å². The van der Waals surface area contributed by atoms with Crippen molar-refractivity contribution in [3.8, 4) is 0 Å². The van der Waals surface area contributed by atoms with E-state index in [0.717, 1.165) is 49.2 Å². The molecule has 1 aromatic rings. The molecule has 0 aliphatic carbocycles. The maximum Gasteiger partial charge on any atom is 0.137 e. The van der Waals surface area contributed by atoms with Crippen LogP contribution in [0.15, 0.2) is 0 Å². The van der Waals surface area contributed by atoms with Crippen molar-refractivity contribution >= 4 is 11.6 Å². The minimum Gasteiger partial charge on any atom is -0.373 e. The molecule has 5 heteroatoms. The van der Waals surface area contributed by atoms with E-state index in [1.54, 1.807) is 0 Å². The van der Waals surface area contributed by atoms with Crippen LogP contribution in [0.3, 0.4) is 0 Å². The van der Waals surface area contributed by atoms with E-state index in [9.17, 15) is 0 Å². The summed E-state index contributed by atoms with van der Waals surface area (Å²) in [5.41, 5.74) is 1.14. The number of aromatic nitrogens is 2. The first-order valence-electron chi connectivity index (χ1n) is 6.65. The molecule has 2 heterocycles. The average Bonchev–Trinajstić information content (AvgIpc) is 2.39. The fourth-order valence-electron chi connectivity index (χ4n) is 2.21. The molecule has 0 amide bonds. The molecule has 18 heavy (non-hydrogen) atoms. The summed E-state index contributed by atoms with van der Waals surface area (Å²) in [5.74, 6) is 3.29. The molecule has 5 nitrogen and oxygen atoms in total. The van der Waals surface area contributed by atoms with Crippen LogP contribution in [-0.2, 0) is 0 Å². The lowest BCUT2D eigenvalue weighted by Gasteiger charge is -2.30. The van der Waals surface area contributed by atoms with Gasteiger partial charge in [-0.25, -0.2) is 9.97 Å². The molecular weight excluding hydrogens is 226 g/mol. The van der Waals surface area contributed by atoms with E-state index in [4.69, 9.17) is 4.98 Å². The van der Waals surface area contributed by atoms with Crippen molar-refractivity contribution in [2.24, 2.45) is 0 Å². The third-order valence-electron chi connectivity index (χ3n) is 3.31. The maximum absolute atomic E-state index is 4.75. The van der Waals surface area contributed by atoms with E-state index in [-0.39, 0.29) is 0 Å². The van der Waals surface area contributed by atoms with Gasteiger partial charge in [0.05, 0.1) is 0 Å². The van der Waals surface area contributed by atoms with E-state index in [0.29, 0.717) is 5.92 Å². The summed E-state index contributed by atoms with van der Waals surface area (Å²) in [5, 5.41) is 6.55. The Morgan fingerprint density at radius 1 is 1.22 bits per heavy atom. The molecule has 1 aliphatic heterocycles. The van der Waals surface area contributed by atoms with Gasteiger partial charge in [0.2, 0.25) is 0 Å². The smallest absolute Gasteiger partial charge is 0.137 e. The summed E-state index contributed by atoms with van der Waals surface area (Å²) >= 11 is 0. The van der Waals surface area contributed by atoms with Crippen molar-refractivity contribution in [1.29, 1.82) is 0 Å². The zero-order valence-electron chi connectivity index (χ0n) is 11.7. The van der Waals surface area contributed by atoms with Gasteiger partial charge in [-0.05, 0) is 6.92 Å². The Balaban J connectivity index is 2.40. The molecule has 0 unspecified atom stereocenters. The summed E-state index contributed by atoms with van der Waals surface area (Å²) < 4.78 is 0. The Morgan fingerprint density at radius 3 is 2.44 bits per heavy atom. The number of nitrogens with zero attached hydrogens (tertiary/aromatic N) is 3. The van der Waals surface area contributed by atoms with Crippen molar-refractivity contribution in [1.82, 2.24) is 15.3 Å². The van der Waals surface area contributed by atoms with E-state index < -0.39 is 0 Å². The highest BCUT2D eigenvalue weighted by atomic mass is 15.2. The van der Waals surface area contributed by atoms with E-state index in [1.165, 1.54) is 0 Å². The number of hydrogen-bond donors (Lipinski definition) is 2. The first-order valence-corrected chi connectivity index (χ1v) is 6.65. The third kappa shape index (κ3) is 2.56. The Bertz CT molecular complexity index is 410. The number of hydrogen-bond acceptors (Lipinski definition) is 5. The van der Waals surface area contributed by atoms with Gasteiger partial charge in [-0.1, -0.05) is 13.8 Å². The summed E-state index contributed by atoms with van der Waals surface area (Å²) in [7, 11) is 1.92. The summed E-state index contributed by atoms with van der Waals surface area (Å²) in [6.07, 6.45) is 0. The molecule has 0 radical (unpaired) electrons. The SMILES string of the molecule is CNc1nc(C(C)C)nc(N2CCNCC2)c1C. The van der Waals surface area contributed by atoms with Gasteiger partial charge >= 0.3 is 0 Å². The first-order chi connectivity index (χ1) is 8.63. The Labute approximate surface area is 109 Å². The number of piperazine rings is 1. The molecule has 0 spiro atoms. The summed E-state index contributed by atoms with van der Waals surface area (Å²) in [6.45, 7) is 10.4. The van der Waals surface area contributed by atoms with Crippen LogP contribution in [0.4, 0.5) is 11.6 Å². The molecule has 100 valence electrons. The Kier molecular flexibility index (Phi) is 4.01. The molecule has 1 saturated heterocycles. The lowest BCUT2D eigenvalue weighted by Crippen LogP contribution is -2.44. The number of nitrogens with one attached hydrogen (secondary N) is 2. The Hall–Kier alpha value is -1.36. The van der Waals surface area contributed by atoms with Crippen LogP contribution >= 0.6 is 0 Å². The number of anilines is 2. The average molecular weight is 249 g/mol. The van der Waals surface area contributed by atoms with Crippen LogP contribution in [0.2, 0.25) is 0 Å². The number of rotatable bonds is 3. The topological polar surface area (TPSA) is 53.1 Å². The fraction of sp³-hybridized carbons (Fsp3) is 0.692. The standard InChI is InChI=1S/C13H23N5/c1-9(2)11-16-12(14-4)10(3)13(17-11)18-7-5-15-6-8-18/h9,15H,5-8H2,1-4H3,(H,14,16,17). The molecule has 1 fully saturated rings. The lowest BCUT2D eigenvalue weighted by atomic mass is 10.2. The van der Waals surface area contributed by atoms with Gasteiger partial charge < -0.3 is 15.5 Å². The minimum absolute atomic E-state index is 0.347. The van der Waals surface area contributed by atoms with E-state index in [1.807, 2.05) is 7.05 Å². The van der Waals surface area contributed by atoms with Gasteiger partial charge in [0.1, 0.15) is 17.5 Å². The molecule has 1 aliphatic rings. The second-order valence-corrected chi connectivity index (χ2v) is 5.02. The highest BCUT2D eigenvalue weighted by Crippen LogP contribution is 2.25. The van der Waals surface area contributed by atoms with Gasteiger partial charge in [-0.3, -0.25) is 0 Å². The van der Waals surface area contributed by atoms with Crippen molar-refractivity contribution in [3.05, 3.63) is 11.4 Å². The van der Waals surface area contributed by atoms with Crippen LogP contribution in [0.1, 0.15) is 31.2 Å². The zero-order chi connectivity index (χ0) is 13.1. The highest BCUT2D eigenvalue weighted by Gasteiger charge is 2.18. The maximum atomic E-state index is 4.75. The van der Waals surface area contributed by atoms with Crippen molar-refractivity contribution < 1.29 is 0 Å². The van der Waals surface area contributed by atoms with E-state index >= 15 is 0 Å². The molecule has 1 aromatic heterocycles. The molecule has 0 bridgehead atoms. The lowest BCUT2D eigenvalue weighted by molar-refractivity contribution is 0.581. The molecule has 0 saturated carbocycles. The first kappa shape index (κ1) is 13.1. The minimum atomic E-state index is 0.347. The van der Waals surface area contributed by atoms with Crippen LogP contribution in [0.25, 0.3) is 0 Å². The predicted octanol–water partition coefficient (Wildman–Crippen LogP) is 1.36. The largest absolute Gasteiger partial charge is 0.373 e. The van der Waals surface area contributed by atoms with E-state index in [2.05, 4.69) is 41.3 Å². The van der Waals surface area contributed by atoms with Crippen LogP contribution in [-0.4, -0.2) is 43.2 Å². The predicted molar refractivity (Wildman–Crippen MR) is 75.5 cm³/mol. The second kappa shape index (κ2) is 5.52. The third-order valence-corrected chi connectivity index (χ3v) is 3.31. The highest BCUT2D eigenvalue weighted by molar-refractivity contribution is 5.58. The summed E-state index contributed by atoms with van der Waals surface area (Å²) in [4.78, 5) is 11.7. The van der Waals surface area contributed by atoms with Crippen LogP contribution < -0.4 is 15.5 Å². The van der Waals surface area contributed by atoms with Gasteiger partial charge in [-0.15, -0.1) is 0 Å². The molecule has 0 atom stereocenters. The molecule has 2 N–H and O–H groups in total. The van der Waals surface area contributed by atoms with Crippen molar-refractivity contribution in [3.63, 3.8) is 0 Å². The summed E-state index contributed by atoms with van der Waals surface area (Å²) in [6, 6.07) is 0. The zero-order valence-corrected chi connectivity index (χ0v) is 11.7. The molecular formula is C13H23N5. The van der Waals surface area contributed by atoms with Gasteiger partial charge in [-0.2, -0.15) is 0 Å². The van der Waals surface area contributed by atoms with Crippen LogP contribution in [0, 0.1) is 6.92 Å².